The van der Waals surface area contributed by atoms with Gasteiger partial charge in [-0.1, -0.05) is 12.1 Å². The van der Waals surface area contributed by atoms with Gasteiger partial charge < -0.3 is 15.0 Å². The van der Waals surface area contributed by atoms with Crippen LogP contribution in [0.4, 0.5) is 0 Å². The van der Waals surface area contributed by atoms with Crippen molar-refractivity contribution in [3.63, 3.8) is 0 Å². The molecule has 1 aliphatic carbocycles. The highest BCUT2D eigenvalue weighted by atomic mass is 16.5. The fraction of sp³-hybridized carbons (Fsp3) is 0.375. The van der Waals surface area contributed by atoms with E-state index in [0.717, 1.165) is 24.2 Å². The van der Waals surface area contributed by atoms with Gasteiger partial charge in [0.15, 0.2) is 0 Å². The molecule has 5 nitrogen and oxygen atoms in total. The average Bonchev–Trinajstić information content (AvgIpc) is 3.28. The second-order valence-corrected chi connectivity index (χ2v) is 5.15. The Bertz CT molecular complexity index is 550. The van der Waals surface area contributed by atoms with Gasteiger partial charge >= 0.3 is 0 Å². The zero-order valence-corrected chi connectivity index (χ0v) is 12.3. The molecule has 0 bridgehead atoms. The molecule has 2 rings (SSSR count). The normalized spacial score (nSPS) is 14.0. The number of nitrogens with one attached hydrogen (secondary N) is 1. The molecular formula is C16H20N2O3. The maximum Gasteiger partial charge on any atom is 0.246 e. The number of carbonyl (C=O) groups excluding carboxylic acids is 2. The number of methoxy groups -OCH3 is 1. The van der Waals surface area contributed by atoms with Crippen LogP contribution in [0.3, 0.4) is 0 Å². The van der Waals surface area contributed by atoms with Crippen molar-refractivity contribution in [1.29, 1.82) is 0 Å². The summed E-state index contributed by atoms with van der Waals surface area (Å²) in [5, 5.41) is 2.86. The minimum absolute atomic E-state index is 0.0811. The molecule has 0 aliphatic heterocycles. The van der Waals surface area contributed by atoms with Crippen molar-refractivity contribution in [3.05, 3.63) is 35.9 Å². The van der Waals surface area contributed by atoms with Gasteiger partial charge in [-0.25, -0.2) is 0 Å². The van der Waals surface area contributed by atoms with Gasteiger partial charge in [-0.3, -0.25) is 9.59 Å². The van der Waals surface area contributed by atoms with E-state index in [2.05, 4.69) is 5.32 Å². The maximum absolute atomic E-state index is 11.9. The average molecular weight is 288 g/mol. The Labute approximate surface area is 124 Å². The molecule has 0 unspecified atom stereocenters. The quantitative estimate of drug-likeness (QED) is 0.806. The Morgan fingerprint density at radius 3 is 2.86 bits per heavy atom. The lowest BCUT2D eigenvalue weighted by atomic mass is 10.2. The van der Waals surface area contributed by atoms with E-state index in [1.807, 2.05) is 24.3 Å². The first-order valence-electron chi connectivity index (χ1n) is 6.95. The molecule has 1 N–H and O–H groups in total. The van der Waals surface area contributed by atoms with E-state index in [1.165, 1.54) is 11.0 Å². The Morgan fingerprint density at radius 1 is 1.43 bits per heavy atom. The third-order valence-electron chi connectivity index (χ3n) is 3.21. The maximum atomic E-state index is 11.9. The van der Waals surface area contributed by atoms with Crippen molar-refractivity contribution < 1.29 is 14.3 Å². The summed E-state index contributed by atoms with van der Waals surface area (Å²) < 4.78 is 5.12. The standard InChI is InChI=1S/C16H20N2O3/c1-18(11-15(19)17-13-7-8-13)16(20)9-6-12-4-3-5-14(10-12)21-2/h3-6,9-10,13H,7-8,11H2,1-2H3,(H,17,19)/b9-6+. The van der Waals surface area contributed by atoms with Crippen LogP contribution in [0.5, 0.6) is 5.75 Å². The minimum atomic E-state index is -0.205. The lowest BCUT2D eigenvalue weighted by Crippen LogP contribution is -2.38. The summed E-state index contributed by atoms with van der Waals surface area (Å²) in [7, 11) is 3.21. The second kappa shape index (κ2) is 6.92. The van der Waals surface area contributed by atoms with Gasteiger partial charge in [0.1, 0.15) is 5.75 Å². The van der Waals surface area contributed by atoms with E-state index in [9.17, 15) is 9.59 Å². The van der Waals surface area contributed by atoms with Crippen LogP contribution in [0, 0.1) is 0 Å². The molecule has 0 aromatic heterocycles. The second-order valence-electron chi connectivity index (χ2n) is 5.15. The monoisotopic (exact) mass is 288 g/mol. The number of rotatable bonds is 6. The number of nitrogens with zero attached hydrogens (tertiary/aromatic N) is 1. The van der Waals surface area contributed by atoms with Crippen LogP contribution < -0.4 is 10.1 Å². The van der Waals surface area contributed by atoms with Crippen molar-refractivity contribution in [2.45, 2.75) is 18.9 Å². The first-order chi connectivity index (χ1) is 10.1. The molecule has 0 radical (unpaired) electrons. The first kappa shape index (κ1) is 15.1. The third-order valence-corrected chi connectivity index (χ3v) is 3.21. The number of carbonyl (C=O) groups is 2. The molecule has 0 saturated heterocycles. The summed E-state index contributed by atoms with van der Waals surface area (Å²) in [5.41, 5.74) is 0.874. The van der Waals surface area contributed by atoms with Crippen molar-refractivity contribution in [2.75, 3.05) is 20.7 Å². The zero-order valence-electron chi connectivity index (χ0n) is 12.3. The number of hydrogen-bond acceptors (Lipinski definition) is 3. The number of ether oxygens (including phenoxy) is 1. The van der Waals surface area contributed by atoms with Gasteiger partial charge in [0.2, 0.25) is 11.8 Å². The smallest absolute Gasteiger partial charge is 0.246 e. The SMILES string of the molecule is COc1cccc(/C=C/C(=O)N(C)CC(=O)NC2CC2)c1. The van der Waals surface area contributed by atoms with Crippen molar-refractivity contribution in [3.8, 4) is 5.75 Å². The lowest BCUT2D eigenvalue weighted by molar-refractivity contribution is -0.131. The topological polar surface area (TPSA) is 58.6 Å². The molecule has 1 fully saturated rings. The van der Waals surface area contributed by atoms with Gasteiger partial charge in [-0.05, 0) is 36.6 Å². The molecule has 112 valence electrons. The van der Waals surface area contributed by atoms with Crippen LogP contribution in [0.1, 0.15) is 18.4 Å². The highest BCUT2D eigenvalue weighted by molar-refractivity contribution is 5.94. The molecule has 21 heavy (non-hydrogen) atoms. The zero-order chi connectivity index (χ0) is 15.2. The molecule has 1 aliphatic rings. The van der Waals surface area contributed by atoms with E-state index in [0.29, 0.717) is 6.04 Å². The molecule has 1 aromatic rings. The van der Waals surface area contributed by atoms with Crippen LogP contribution in [0.25, 0.3) is 6.08 Å². The van der Waals surface area contributed by atoms with Crippen LogP contribution in [-0.2, 0) is 9.59 Å². The molecule has 0 atom stereocenters. The summed E-state index contributed by atoms with van der Waals surface area (Å²) in [6, 6.07) is 7.73. The Hall–Kier alpha value is -2.30. The van der Waals surface area contributed by atoms with Crippen LogP contribution in [-0.4, -0.2) is 43.5 Å². The summed E-state index contributed by atoms with van der Waals surface area (Å²) in [6.45, 7) is 0.0811. The van der Waals surface area contributed by atoms with Gasteiger partial charge in [0.05, 0.1) is 13.7 Å². The van der Waals surface area contributed by atoms with E-state index in [1.54, 1.807) is 20.2 Å². The Morgan fingerprint density at radius 2 is 2.19 bits per heavy atom. The molecule has 1 saturated carbocycles. The summed E-state index contributed by atoms with van der Waals surface area (Å²) in [4.78, 5) is 25.0. The van der Waals surface area contributed by atoms with E-state index >= 15 is 0 Å². The molecule has 1 aromatic carbocycles. The summed E-state index contributed by atoms with van der Waals surface area (Å²) >= 11 is 0. The number of likely N-dealkylation sites (N-methyl/N-ethyl adjacent to an activating group) is 1. The van der Waals surface area contributed by atoms with Crippen molar-refractivity contribution >= 4 is 17.9 Å². The molecule has 0 spiro atoms. The fourth-order valence-electron chi connectivity index (χ4n) is 1.83. The largest absolute Gasteiger partial charge is 0.497 e. The minimum Gasteiger partial charge on any atom is -0.497 e. The Balaban J connectivity index is 1.86. The van der Waals surface area contributed by atoms with Crippen molar-refractivity contribution in [2.24, 2.45) is 0 Å². The lowest BCUT2D eigenvalue weighted by Gasteiger charge is -2.14. The van der Waals surface area contributed by atoms with Crippen LogP contribution in [0.15, 0.2) is 30.3 Å². The number of benzene rings is 1. The number of amides is 2. The van der Waals surface area contributed by atoms with Crippen LogP contribution in [0.2, 0.25) is 0 Å². The van der Waals surface area contributed by atoms with E-state index in [4.69, 9.17) is 4.74 Å². The molecule has 5 heteroatoms. The van der Waals surface area contributed by atoms with Crippen LogP contribution >= 0.6 is 0 Å². The molecule has 2 amide bonds. The highest BCUT2D eigenvalue weighted by Crippen LogP contribution is 2.18. The van der Waals surface area contributed by atoms with Gasteiger partial charge in [-0.2, -0.15) is 0 Å². The van der Waals surface area contributed by atoms with Gasteiger partial charge in [0.25, 0.3) is 0 Å². The predicted molar refractivity (Wildman–Crippen MR) is 80.8 cm³/mol. The van der Waals surface area contributed by atoms with E-state index < -0.39 is 0 Å². The summed E-state index contributed by atoms with van der Waals surface area (Å²) in [6.07, 6.45) is 5.25. The van der Waals surface area contributed by atoms with Crippen molar-refractivity contribution in [1.82, 2.24) is 10.2 Å². The summed E-state index contributed by atoms with van der Waals surface area (Å²) in [5.74, 6) is 0.425. The van der Waals surface area contributed by atoms with E-state index in [-0.39, 0.29) is 18.4 Å². The number of hydrogen-bond donors (Lipinski definition) is 1. The predicted octanol–water partition coefficient (Wildman–Crippen LogP) is 1.45. The third kappa shape index (κ3) is 4.95. The van der Waals surface area contributed by atoms with Gasteiger partial charge in [-0.15, -0.1) is 0 Å². The fourth-order valence-corrected chi connectivity index (χ4v) is 1.83. The highest BCUT2D eigenvalue weighted by Gasteiger charge is 2.23. The molecular weight excluding hydrogens is 268 g/mol. The first-order valence-corrected chi connectivity index (χ1v) is 6.95. The Kier molecular flexibility index (Phi) is 4.98. The molecule has 0 heterocycles. The van der Waals surface area contributed by atoms with Gasteiger partial charge in [0, 0.05) is 19.2 Å².